The molecule has 1 unspecified atom stereocenters. The second-order valence-corrected chi connectivity index (χ2v) is 4.34. The Kier molecular flexibility index (Phi) is 10.2. The molecular weight excluding hydrogens is 369 g/mol. The lowest BCUT2D eigenvalue weighted by atomic mass is 10.2. The normalized spacial score (nSPS) is 12.4. The van der Waals surface area contributed by atoms with Gasteiger partial charge in [0.1, 0.15) is 11.9 Å². The number of rotatable bonds is 7. The van der Waals surface area contributed by atoms with Crippen LogP contribution >= 0.6 is 24.0 Å². The van der Waals surface area contributed by atoms with E-state index in [2.05, 4.69) is 10.3 Å². The first-order valence-corrected chi connectivity index (χ1v) is 6.38. The first kappa shape index (κ1) is 19.0. The summed E-state index contributed by atoms with van der Waals surface area (Å²) >= 11 is 0. The summed E-state index contributed by atoms with van der Waals surface area (Å²) in [4.78, 5) is 4.22. The van der Waals surface area contributed by atoms with Crippen molar-refractivity contribution in [3.05, 3.63) is 29.8 Å². The highest BCUT2D eigenvalue weighted by molar-refractivity contribution is 14.0. The molecule has 5 nitrogen and oxygen atoms in total. The van der Waals surface area contributed by atoms with E-state index in [9.17, 15) is 0 Å². The molecule has 0 aliphatic heterocycles. The van der Waals surface area contributed by atoms with Gasteiger partial charge in [-0.1, -0.05) is 18.2 Å². The molecule has 20 heavy (non-hydrogen) atoms. The molecule has 0 aromatic heterocycles. The Morgan fingerprint density at radius 2 is 2.10 bits per heavy atom. The molecule has 0 heterocycles. The van der Waals surface area contributed by atoms with Crippen molar-refractivity contribution in [2.75, 3.05) is 26.8 Å². The van der Waals surface area contributed by atoms with E-state index in [4.69, 9.17) is 15.2 Å². The number of methoxy groups -OCH3 is 1. The number of halogens is 1. The predicted octanol–water partition coefficient (Wildman–Crippen LogP) is 1.93. The average molecular weight is 393 g/mol. The maximum atomic E-state index is 5.81. The predicted molar refractivity (Wildman–Crippen MR) is 93.1 cm³/mol. The number of nitrogens with two attached hydrogens (primary N) is 1. The van der Waals surface area contributed by atoms with Crippen molar-refractivity contribution < 1.29 is 9.47 Å². The van der Waals surface area contributed by atoms with E-state index in [1.807, 2.05) is 38.1 Å². The third-order valence-corrected chi connectivity index (χ3v) is 2.55. The van der Waals surface area contributed by atoms with E-state index >= 15 is 0 Å². The van der Waals surface area contributed by atoms with Crippen LogP contribution in [0.2, 0.25) is 0 Å². The zero-order valence-electron chi connectivity index (χ0n) is 12.3. The molecule has 0 radical (unpaired) electrons. The SMILES string of the molecule is COCCNC(N)=NCC(C)Oc1ccccc1C.I. The Bertz CT molecular complexity index is 413. The number of hydrogen-bond acceptors (Lipinski definition) is 3. The number of aliphatic imine (C=N–C) groups is 1. The highest BCUT2D eigenvalue weighted by atomic mass is 127. The van der Waals surface area contributed by atoms with Crippen LogP contribution in [0, 0.1) is 6.92 Å². The summed E-state index contributed by atoms with van der Waals surface area (Å²) in [5.41, 5.74) is 6.83. The summed E-state index contributed by atoms with van der Waals surface area (Å²) in [5, 5.41) is 2.96. The van der Waals surface area contributed by atoms with Crippen LogP contribution in [-0.2, 0) is 4.74 Å². The van der Waals surface area contributed by atoms with Gasteiger partial charge in [0.05, 0.1) is 13.2 Å². The lowest BCUT2D eigenvalue weighted by Gasteiger charge is -2.15. The van der Waals surface area contributed by atoms with Crippen LogP contribution in [0.5, 0.6) is 5.75 Å². The smallest absolute Gasteiger partial charge is 0.188 e. The van der Waals surface area contributed by atoms with Crippen LogP contribution in [0.25, 0.3) is 0 Å². The molecule has 0 aliphatic rings. The number of guanidine groups is 1. The van der Waals surface area contributed by atoms with Crippen LogP contribution < -0.4 is 15.8 Å². The summed E-state index contributed by atoms with van der Waals surface area (Å²) in [6.45, 7) is 5.76. The average Bonchev–Trinajstić information content (AvgIpc) is 2.39. The minimum atomic E-state index is -0.0242. The number of para-hydroxylation sites is 1. The first-order chi connectivity index (χ1) is 9.13. The van der Waals surface area contributed by atoms with Crippen LogP contribution in [0.3, 0.4) is 0 Å². The fourth-order valence-corrected chi connectivity index (χ4v) is 1.51. The molecule has 0 spiro atoms. The molecule has 0 bridgehead atoms. The highest BCUT2D eigenvalue weighted by Crippen LogP contribution is 2.17. The second kappa shape index (κ2) is 10.7. The number of nitrogens with one attached hydrogen (secondary N) is 1. The summed E-state index contributed by atoms with van der Waals surface area (Å²) in [6, 6.07) is 7.92. The van der Waals surface area contributed by atoms with Crippen LogP contribution in [0.15, 0.2) is 29.3 Å². The quantitative estimate of drug-likeness (QED) is 0.322. The third-order valence-electron chi connectivity index (χ3n) is 2.55. The second-order valence-electron chi connectivity index (χ2n) is 4.34. The van der Waals surface area contributed by atoms with Crippen molar-refractivity contribution in [1.82, 2.24) is 5.32 Å². The van der Waals surface area contributed by atoms with E-state index in [0.29, 0.717) is 25.7 Å². The summed E-state index contributed by atoms with van der Waals surface area (Å²) in [5.74, 6) is 1.30. The first-order valence-electron chi connectivity index (χ1n) is 6.38. The van der Waals surface area contributed by atoms with E-state index in [1.165, 1.54) is 0 Å². The Hall–Kier alpha value is -1.02. The molecule has 1 atom stereocenters. The van der Waals surface area contributed by atoms with E-state index in [1.54, 1.807) is 7.11 Å². The van der Waals surface area contributed by atoms with Crippen molar-refractivity contribution in [3.63, 3.8) is 0 Å². The topological polar surface area (TPSA) is 68.9 Å². The molecule has 0 amide bonds. The van der Waals surface area contributed by atoms with Crippen LogP contribution in [0.1, 0.15) is 12.5 Å². The maximum Gasteiger partial charge on any atom is 0.188 e. The number of hydrogen-bond donors (Lipinski definition) is 2. The lowest BCUT2D eigenvalue weighted by Crippen LogP contribution is -2.35. The molecule has 114 valence electrons. The van der Waals surface area contributed by atoms with Gasteiger partial charge in [-0.3, -0.25) is 0 Å². The number of ether oxygens (including phenoxy) is 2. The summed E-state index contributed by atoms with van der Waals surface area (Å²) < 4.78 is 10.7. The summed E-state index contributed by atoms with van der Waals surface area (Å²) in [6.07, 6.45) is -0.0242. The van der Waals surface area contributed by atoms with Gasteiger partial charge in [-0.2, -0.15) is 0 Å². The lowest BCUT2D eigenvalue weighted by molar-refractivity contribution is 0.203. The Balaban J connectivity index is 0.00000361. The Morgan fingerprint density at radius 1 is 1.40 bits per heavy atom. The van der Waals surface area contributed by atoms with Gasteiger partial charge in [-0.25, -0.2) is 4.99 Å². The third kappa shape index (κ3) is 7.54. The molecule has 0 fully saturated rings. The minimum absolute atomic E-state index is 0. The van der Waals surface area contributed by atoms with Gasteiger partial charge in [-0.15, -0.1) is 24.0 Å². The van der Waals surface area contributed by atoms with Crippen LogP contribution in [0.4, 0.5) is 0 Å². The Labute approximate surface area is 138 Å². The zero-order valence-corrected chi connectivity index (χ0v) is 14.6. The zero-order chi connectivity index (χ0) is 14.1. The van der Waals surface area contributed by atoms with Crippen molar-refractivity contribution >= 4 is 29.9 Å². The largest absolute Gasteiger partial charge is 0.489 e. The molecule has 0 aliphatic carbocycles. The van der Waals surface area contributed by atoms with E-state index in [0.717, 1.165) is 11.3 Å². The number of nitrogens with zero attached hydrogens (tertiary/aromatic N) is 1. The van der Waals surface area contributed by atoms with Gasteiger partial charge < -0.3 is 20.5 Å². The van der Waals surface area contributed by atoms with Crippen molar-refractivity contribution in [2.24, 2.45) is 10.7 Å². The van der Waals surface area contributed by atoms with Gasteiger partial charge in [-0.05, 0) is 25.5 Å². The monoisotopic (exact) mass is 393 g/mol. The standard InChI is InChI=1S/C14H23N3O2.HI/c1-11-6-4-5-7-13(11)19-12(2)10-17-14(15)16-8-9-18-3;/h4-7,12H,8-10H2,1-3H3,(H3,15,16,17);1H. The van der Waals surface area contributed by atoms with Crippen molar-refractivity contribution in [3.8, 4) is 5.75 Å². The number of benzene rings is 1. The molecule has 1 rings (SSSR count). The molecule has 1 aromatic carbocycles. The highest BCUT2D eigenvalue weighted by Gasteiger charge is 2.05. The van der Waals surface area contributed by atoms with Crippen LogP contribution in [-0.4, -0.2) is 38.9 Å². The maximum absolute atomic E-state index is 5.81. The van der Waals surface area contributed by atoms with Gasteiger partial charge in [0.25, 0.3) is 0 Å². The Morgan fingerprint density at radius 3 is 2.75 bits per heavy atom. The van der Waals surface area contributed by atoms with E-state index in [-0.39, 0.29) is 30.1 Å². The van der Waals surface area contributed by atoms with Gasteiger partial charge >= 0.3 is 0 Å². The summed E-state index contributed by atoms with van der Waals surface area (Å²) in [7, 11) is 1.65. The molecule has 1 aromatic rings. The molecule has 6 heteroatoms. The van der Waals surface area contributed by atoms with Gasteiger partial charge in [0.15, 0.2) is 5.96 Å². The molecule has 0 saturated carbocycles. The minimum Gasteiger partial charge on any atom is -0.489 e. The molecule has 3 N–H and O–H groups in total. The van der Waals surface area contributed by atoms with Crippen molar-refractivity contribution in [1.29, 1.82) is 0 Å². The number of aryl methyl sites for hydroxylation is 1. The van der Waals surface area contributed by atoms with Crippen molar-refractivity contribution in [2.45, 2.75) is 20.0 Å². The van der Waals surface area contributed by atoms with E-state index < -0.39 is 0 Å². The molecular formula is C14H24IN3O2. The fourth-order valence-electron chi connectivity index (χ4n) is 1.51. The molecule has 0 saturated heterocycles. The fraction of sp³-hybridized carbons (Fsp3) is 0.500. The van der Waals surface area contributed by atoms with Gasteiger partial charge in [0, 0.05) is 13.7 Å². The van der Waals surface area contributed by atoms with Gasteiger partial charge in [0.2, 0.25) is 0 Å².